The molecule has 0 amide bonds. The Hall–Kier alpha value is -2.56. The van der Waals surface area contributed by atoms with E-state index in [0.717, 1.165) is 0 Å². The van der Waals surface area contributed by atoms with Crippen LogP contribution in [0.4, 0.5) is 0 Å². The summed E-state index contributed by atoms with van der Waals surface area (Å²) in [5, 5.41) is -2.62. The second-order valence-electron chi connectivity index (χ2n) is 8.70. The van der Waals surface area contributed by atoms with E-state index in [2.05, 4.69) is 6.65 Å². The third kappa shape index (κ3) is 7.76. The van der Waals surface area contributed by atoms with Crippen molar-refractivity contribution in [2.75, 3.05) is 0 Å². The van der Waals surface area contributed by atoms with Gasteiger partial charge in [-0.1, -0.05) is 121 Å². The molecule has 4 N–H and O–H groups in total. The van der Waals surface area contributed by atoms with Gasteiger partial charge >= 0.3 is 46.4 Å². The summed E-state index contributed by atoms with van der Waals surface area (Å²) in [6, 6.07) is 35.5. The molecule has 0 unspecified atom stereocenters. The maximum absolute atomic E-state index is 11.9. The number of hydrogen-bond donors (Lipinski definition) is 4. The van der Waals surface area contributed by atoms with Crippen molar-refractivity contribution in [1.82, 2.24) is 0 Å². The van der Waals surface area contributed by atoms with E-state index < -0.39 is 25.5 Å². The minimum atomic E-state index is -4.33. The fraction of sp³-hybridized carbons (Fsp3) is 0.138. The molecule has 0 aliphatic rings. The van der Waals surface area contributed by atoms with Crippen molar-refractivity contribution in [2.45, 2.75) is 24.2 Å². The summed E-state index contributed by atoms with van der Waals surface area (Å²) in [5.41, 5.74) is 2.46. The zero-order valence-corrected chi connectivity index (χ0v) is 24.3. The summed E-state index contributed by atoms with van der Waals surface area (Å²) in [7, 11) is -8.66. The van der Waals surface area contributed by atoms with Crippen LogP contribution in [0, 0.1) is 6.65 Å². The minimum Gasteiger partial charge on any atom is 1.00 e. The van der Waals surface area contributed by atoms with Crippen LogP contribution < -0.4 is 0 Å². The molecule has 4 rings (SSSR count). The summed E-state index contributed by atoms with van der Waals surface area (Å²) in [6.45, 7) is 7.66. The minimum absolute atomic E-state index is 0. The molecule has 203 valence electrons. The zero-order chi connectivity index (χ0) is 28.5. The van der Waals surface area contributed by atoms with Gasteiger partial charge in [0, 0.05) is 0 Å². The summed E-state index contributed by atoms with van der Waals surface area (Å²) in [6.07, 6.45) is 0. The second-order valence-corrected chi connectivity index (χ2v) is 12.7. The molecule has 4 aromatic rings. The van der Waals surface area contributed by atoms with Crippen molar-refractivity contribution >= 4 is 15.2 Å². The summed E-state index contributed by atoms with van der Waals surface area (Å²) < 4.78 is 31.4. The van der Waals surface area contributed by atoms with Gasteiger partial charge in [0.2, 0.25) is 0 Å². The van der Waals surface area contributed by atoms with Crippen molar-refractivity contribution in [1.29, 1.82) is 0 Å². The standard InChI is InChI=1S/2C14H15O3P.CO.Mn/c2*1-14(18(15,16)17,12-8-4-2-5-9-12)13-10-6-3-7-11-13;1-2;/h2*2-11H,1H3,(H2,15,16,17);;/q;;;+2/p+2. The van der Waals surface area contributed by atoms with Gasteiger partial charge in [-0.3, -0.25) is 9.13 Å². The third-order valence-electron chi connectivity index (χ3n) is 6.51. The monoisotopic (exact) mass is 609 g/mol. The van der Waals surface area contributed by atoms with Crippen LogP contribution in [0.2, 0.25) is 0 Å². The molecule has 0 bridgehead atoms. The Bertz CT molecular complexity index is 1210. The first-order valence-electron chi connectivity index (χ1n) is 11.5. The van der Waals surface area contributed by atoms with Gasteiger partial charge in [0.15, 0.2) is 0 Å². The van der Waals surface area contributed by atoms with Crippen molar-refractivity contribution in [2.24, 2.45) is 0 Å². The van der Waals surface area contributed by atoms with Crippen LogP contribution in [0.5, 0.6) is 0 Å². The van der Waals surface area contributed by atoms with Gasteiger partial charge in [0.1, 0.15) is 10.3 Å². The number of hydrogen-bond acceptors (Lipinski definition) is 2. The van der Waals surface area contributed by atoms with Crippen molar-refractivity contribution < 1.29 is 53.3 Å². The molecule has 0 atom stereocenters. The molecule has 4 aromatic carbocycles. The van der Waals surface area contributed by atoms with E-state index >= 15 is 0 Å². The Morgan fingerprint density at radius 2 is 0.667 bits per heavy atom. The Kier molecular flexibility index (Phi) is 13.0. The van der Waals surface area contributed by atoms with E-state index in [-0.39, 0.29) is 19.9 Å². The van der Waals surface area contributed by atoms with Crippen molar-refractivity contribution in [3.8, 4) is 0 Å². The molecule has 0 spiro atoms. The van der Waals surface area contributed by atoms with E-state index in [0.29, 0.717) is 22.3 Å². The predicted molar refractivity (Wildman–Crippen MR) is 149 cm³/mol. The van der Waals surface area contributed by atoms with Crippen molar-refractivity contribution in [3.63, 3.8) is 0 Å². The molecule has 1 radical (unpaired) electrons. The average Bonchev–Trinajstić information content (AvgIpc) is 2.94. The van der Waals surface area contributed by atoms with Crippen LogP contribution in [0.25, 0.3) is 0 Å². The van der Waals surface area contributed by atoms with Gasteiger partial charge in [-0.05, 0) is 36.1 Å². The molecule has 7 nitrogen and oxygen atoms in total. The molecule has 0 aliphatic heterocycles. The Labute approximate surface area is 242 Å². The molecular formula is C29H32MnO7P2+4. The van der Waals surface area contributed by atoms with Crippen LogP contribution in [0.15, 0.2) is 121 Å². The van der Waals surface area contributed by atoms with Crippen LogP contribution in [-0.2, 0) is 41.2 Å². The molecule has 0 saturated heterocycles. The van der Waals surface area contributed by atoms with E-state index in [4.69, 9.17) is 4.65 Å². The van der Waals surface area contributed by atoms with Gasteiger partial charge in [0.25, 0.3) is 0 Å². The van der Waals surface area contributed by atoms with E-state index in [1.54, 1.807) is 111 Å². The average molecular weight is 609 g/mol. The Balaban J connectivity index is 0. The largest absolute Gasteiger partial charge is 2.00 e. The van der Waals surface area contributed by atoms with E-state index in [1.165, 1.54) is 0 Å². The summed E-state index contributed by atoms with van der Waals surface area (Å²) in [4.78, 5) is 39.0. The van der Waals surface area contributed by atoms with Gasteiger partial charge in [0.05, 0.1) is 0 Å². The maximum atomic E-state index is 11.9. The predicted octanol–water partition coefficient (Wildman–Crippen LogP) is 6.44. The molecule has 0 aliphatic carbocycles. The Morgan fingerprint density at radius 3 is 0.795 bits per heavy atom. The first-order valence-corrected chi connectivity index (χ1v) is 14.7. The van der Waals surface area contributed by atoms with E-state index in [1.807, 2.05) is 24.3 Å². The van der Waals surface area contributed by atoms with Gasteiger partial charge in [-0.25, -0.2) is 0 Å². The normalized spacial score (nSPS) is 11.5. The third-order valence-corrected chi connectivity index (χ3v) is 9.87. The van der Waals surface area contributed by atoms with Gasteiger partial charge in [-0.15, -0.1) is 0 Å². The van der Waals surface area contributed by atoms with Crippen LogP contribution in [-0.4, -0.2) is 19.6 Å². The van der Waals surface area contributed by atoms with Gasteiger partial charge in [-0.2, -0.15) is 0 Å². The molecule has 39 heavy (non-hydrogen) atoms. The topological polar surface area (TPSA) is 135 Å². The molecule has 0 aromatic heterocycles. The second kappa shape index (κ2) is 14.7. The molecule has 0 fully saturated rings. The zero-order valence-electron chi connectivity index (χ0n) is 23.3. The fourth-order valence-corrected chi connectivity index (χ4v) is 6.00. The number of rotatable bonds is 6. The Morgan fingerprint density at radius 1 is 0.513 bits per heavy atom. The van der Waals surface area contributed by atoms with Crippen LogP contribution in [0.3, 0.4) is 0 Å². The van der Waals surface area contributed by atoms with Gasteiger partial charge < -0.3 is 19.6 Å². The quantitative estimate of drug-likeness (QED) is 0.0860. The first-order chi connectivity index (χ1) is 17.9. The SMILES string of the molecule is CC(c1ccccc1)(c1ccccc1)P(=O)(O)O.CC(c1ccccc1)(c1ccccc1)P(=O)(O)O.[C-]#[O+].[H+].[H+].[Mn+2]. The smallest absolute Gasteiger partial charge is 1.00 e. The van der Waals surface area contributed by atoms with Crippen LogP contribution in [0.1, 0.15) is 39.0 Å². The first kappa shape index (κ1) is 34.5. The maximum Gasteiger partial charge on any atom is 2.00 e. The molecule has 0 saturated carbocycles. The fourth-order valence-electron chi connectivity index (χ4n) is 4.06. The molecule has 10 heteroatoms. The summed E-state index contributed by atoms with van der Waals surface area (Å²) in [5.74, 6) is 0. The van der Waals surface area contributed by atoms with E-state index in [9.17, 15) is 28.7 Å². The summed E-state index contributed by atoms with van der Waals surface area (Å²) >= 11 is 0. The molecule has 0 heterocycles. The molecular weight excluding hydrogens is 577 g/mol. The number of benzene rings is 4. The van der Waals surface area contributed by atoms with Crippen molar-refractivity contribution in [3.05, 3.63) is 150 Å². The van der Waals surface area contributed by atoms with Crippen LogP contribution >= 0.6 is 15.2 Å².